The number of furan rings is 1. The summed E-state index contributed by atoms with van der Waals surface area (Å²) in [6.45, 7) is 2.54. The van der Waals surface area contributed by atoms with E-state index < -0.39 is 5.95 Å². The predicted octanol–water partition coefficient (Wildman–Crippen LogP) is 2.99. The van der Waals surface area contributed by atoms with Gasteiger partial charge in [-0.1, -0.05) is 13.0 Å². The average Bonchev–Trinajstić information content (AvgIpc) is 2.74. The minimum Gasteiger partial charge on any atom is -0.464 e. The Kier molecular flexibility index (Phi) is 3.19. The second-order valence-electron chi connectivity index (χ2n) is 3.42. The largest absolute Gasteiger partial charge is 0.464 e. The van der Waals surface area contributed by atoms with Gasteiger partial charge in [-0.15, -0.1) is 0 Å². The molecule has 16 heavy (non-hydrogen) atoms. The molecular weight excluding hydrogens is 207 g/mol. The molecule has 0 aliphatic rings. The molecule has 0 aliphatic carbocycles. The van der Waals surface area contributed by atoms with Crippen molar-refractivity contribution in [2.24, 2.45) is 0 Å². The van der Waals surface area contributed by atoms with Crippen LogP contribution in [0.15, 0.2) is 34.7 Å². The second-order valence-corrected chi connectivity index (χ2v) is 3.42. The highest BCUT2D eigenvalue weighted by Crippen LogP contribution is 2.11. The predicted molar refractivity (Wildman–Crippen MR) is 59.6 cm³/mol. The maximum absolute atomic E-state index is 12.8. The Hall–Kier alpha value is -1.84. The van der Waals surface area contributed by atoms with E-state index in [0.29, 0.717) is 12.4 Å². The SMILES string of the molecule is CCc1ccc(CNc2cccc(F)n2)o1. The van der Waals surface area contributed by atoms with Crippen molar-refractivity contribution in [1.29, 1.82) is 0 Å². The van der Waals surface area contributed by atoms with Gasteiger partial charge in [0.05, 0.1) is 6.54 Å². The average molecular weight is 220 g/mol. The Morgan fingerprint density at radius 3 is 2.75 bits per heavy atom. The molecule has 84 valence electrons. The van der Waals surface area contributed by atoms with Crippen LogP contribution in [0.4, 0.5) is 10.2 Å². The summed E-state index contributed by atoms with van der Waals surface area (Å²) in [7, 11) is 0. The van der Waals surface area contributed by atoms with Crippen LogP contribution in [-0.4, -0.2) is 4.98 Å². The van der Waals surface area contributed by atoms with Crippen LogP contribution in [0.1, 0.15) is 18.4 Å². The highest BCUT2D eigenvalue weighted by atomic mass is 19.1. The summed E-state index contributed by atoms with van der Waals surface area (Å²) in [5.74, 6) is 1.79. The summed E-state index contributed by atoms with van der Waals surface area (Å²) in [5, 5.41) is 2.99. The summed E-state index contributed by atoms with van der Waals surface area (Å²) >= 11 is 0. The first-order chi connectivity index (χ1) is 7.78. The van der Waals surface area contributed by atoms with Gasteiger partial charge in [-0.25, -0.2) is 4.98 Å². The standard InChI is InChI=1S/C12H13FN2O/c1-2-9-6-7-10(16-9)8-14-12-5-3-4-11(13)15-12/h3-7H,2,8H2,1H3,(H,14,15). The monoisotopic (exact) mass is 220 g/mol. The van der Waals surface area contributed by atoms with Gasteiger partial charge in [-0.3, -0.25) is 0 Å². The maximum atomic E-state index is 12.8. The van der Waals surface area contributed by atoms with Gasteiger partial charge < -0.3 is 9.73 Å². The van der Waals surface area contributed by atoms with Crippen LogP contribution in [0.25, 0.3) is 0 Å². The summed E-state index contributed by atoms with van der Waals surface area (Å²) in [6.07, 6.45) is 0.873. The van der Waals surface area contributed by atoms with Crippen LogP contribution < -0.4 is 5.32 Å². The van der Waals surface area contributed by atoms with Crippen LogP contribution >= 0.6 is 0 Å². The molecule has 4 heteroatoms. The number of nitrogens with zero attached hydrogens (tertiary/aromatic N) is 1. The van der Waals surface area contributed by atoms with E-state index in [0.717, 1.165) is 17.9 Å². The molecule has 2 aromatic rings. The Morgan fingerprint density at radius 2 is 2.06 bits per heavy atom. The molecule has 1 N–H and O–H groups in total. The molecular formula is C12H13FN2O. The maximum Gasteiger partial charge on any atom is 0.214 e. The molecule has 0 saturated heterocycles. The summed E-state index contributed by atoms with van der Waals surface area (Å²) in [5.41, 5.74) is 0. The van der Waals surface area contributed by atoms with Gasteiger partial charge in [0.1, 0.15) is 17.3 Å². The molecule has 0 saturated carbocycles. The van der Waals surface area contributed by atoms with Gasteiger partial charge in [0.25, 0.3) is 0 Å². The first-order valence-corrected chi connectivity index (χ1v) is 5.22. The van der Waals surface area contributed by atoms with E-state index in [1.807, 2.05) is 19.1 Å². The molecule has 0 aliphatic heterocycles. The lowest BCUT2D eigenvalue weighted by Gasteiger charge is -2.02. The van der Waals surface area contributed by atoms with E-state index in [1.54, 1.807) is 12.1 Å². The van der Waals surface area contributed by atoms with E-state index in [-0.39, 0.29) is 0 Å². The van der Waals surface area contributed by atoms with Gasteiger partial charge in [0.2, 0.25) is 5.95 Å². The third-order valence-corrected chi connectivity index (χ3v) is 2.22. The zero-order chi connectivity index (χ0) is 11.4. The fourth-order valence-corrected chi connectivity index (χ4v) is 1.39. The van der Waals surface area contributed by atoms with Crippen LogP contribution in [0.5, 0.6) is 0 Å². The summed E-state index contributed by atoms with van der Waals surface area (Å²) in [4.78, 5) is 3.70. The second kappa shape index (κ2) is 4.79. The van der Waals surface area contributed by atoms with E-state index >= 15 is 0 Å². The van der Waals surface area contributed by atoms with Crippen LogP contribution in [0.2, 0.25) is 0 Å². The quantitative estimate of drug-likeness (QED) is 0.805. The third-order valence-electron chi connectivity index (χ3n) is 2.22. The van der Waals surface area contributed by atoms with Crippen molar-refractivity contribution < 1.29 is 8.81 Å². The first-order valence-electron chi connectivity index (χ1n) is 5.22. The zero-order valence-corrected chi connectivity index (χ0v) is 9.03. The number of hydrogen-bond donors (Lipinski definition) is 1. The van der Waals surface area contributed by atoms with Crippen molar-refractivity contribution in [2.45, 2.75) is 19.9 Å². The topological polar surface area (TPSA) is 38.1 Å². The number of aromatic nitrogens is 1. The fraction of sp³-hybridized carbons (Fsp3) is 0.250. The molecule has 0 spiro atoms. The minimum absolute atomic E-state index is 0.487. The van der Waals surface area contributed by atoms with E-state index in [4.69, 9.17) is 4.42 Å². The van der Waals surface area contributed by atoms with Crippen LogP contribution in [-0.2, 0) is 13.0 Å². The highest BCUT2D eigenvalue weighted by Gasteiger charge is 2.01. The molecule has 2 aromatic heterocycles. The zero-order valence-electron chi connectivity index (χ0n) is 9.03. The van der Waals surface area contributed by atoms with Crippen molar-refractivity contribution in [3.05, 3.63) is 47.8 Å². The van der Waals surface area contributed by atoms with Crippen molar-refractivity contribution in [3.63, 3.8) is 0 Å². The van der Waals surface area contributed by atoms with Gasteiger partial charge in [-0.05, 0) is 24.3 Å². The highest BCUT2D eigenvalue weighted by molar-refractivity contribution is 5.33. The normalized spacial score (nSPS) is 10.4. The Labute approximate surface area is 93.3 Å². The lowest BCUT2D eigenvalue weighted by Crippen LogP contribution is -2.00. The van der Waals surface area contributed by atoms with Gasteiger partial charge in [0, 0.05) is 6.42 Å². The number of aryl methyl sites for hydroxylation is 1. The lowest BCUT2D eigenvalue weighted by atomic mass is 10.3. The molecule has 0 amide bonds. The van der Waals surface area contributed by atoms with Crippen LogP contribution in [0, 0.1) is 5.95 Å². The van der Waals surface area contributed by atoms with E-state index in [2.05, 4.69) is 10.3 Å². The number of pyridine rings is 1. The molecule has 0 aromatic carbocycles. The van der Waals surface area contributed by atoms with Crippen LogP contribution in [0.3, 0.4) is 0 Å². The molecule has 2 heterocycles. The lowest BCUT2D eigenvalue weighted by molar-refractivity contribution is 0.475. The first kappa shape index (κ1) is 10.7. The number of rotatable bonds is 4. The number of nitrogens with one attached hydrogen (secondary N) is 1. The van der Waals surface area contributed by atoms with Gasteiger partial charge >= 0.3 is 0 Å². The van der Waals surface area contributed by atoms with Gasteiger partial charge in [0.15, 0.2) is 0 Å². The molecule has 0 atom stereocenters. The molecule has 0 fully saturated rings. The summed E-state index contributed by atoms with van der Waals surface area (Å²) in [6, 6.07) is 8.49. The number of halogens is 1. The van der Waals surface area contributed by atoms with E-state index in [1.165, 1.54) is 6.07 Å². The van der Waals surface area contributed by atoms with Gasteiger partial charge in [-0.2, -0.15) is 4.39 Å². The van der Waals surface area contributed by atoms with Crippen molar-refractivity contribution in [1.82, 2.24) is 4.98 Å². The smallest absolute Gasteiger partial charge is 0.214 e. The molecule has 0 bridgehead atoms. The Morgan fingerprint density at radius 1 is 1.25 bits per heavy atom. The van der Waals surface area contributed by atoms with Crippen molar-refractivity contribution in [2.75, 3.05) is 5.32 Å². The van der Waals surface area contributed by atoms with Crippen molar-refractivity contribution >= 4 is 5.82 Å². The Balaban J connectivity index is 1.96. The molecule has 2 rings (SSSR count). The molecule has 3 nitrogen and oxygen atoms in total. The molecule has 0 unspecified atom stereocenters. The number of anilines is 1. The third kappa shape index (κ3) is 2.59. The van der Waals surface area contributed by atoms with E-state index in [9.17, 15) is 4.39 Å². The Bertz CT molecular complexity index is 468. The summed E-state index contributed by atoms with van der Waals surface area (Å²) < 4.78 is 18.3. The molecule has 0 radical (unpaired) electrons. The van der Waals surface area contributed by atoms with Crippen molar-refractivity contribution in [3.8, 4) is 0 Å². The number of hydrogen-bond acceptors (Lipinski definition) is 3. The fourth-order valence-electron chi connectivity index (χ4n) is 1.39. The minimum atomic E-state index is -0.487.